The molecule has 3 rings (SSSR count). The molecule has 1 amide bonds. The van der Waals surface area contributed by atoms with Crippen molar-refractivity contribution in [2.75, 3.05) is 32.8 Å². The number of Topliss-reactive ketones (excluding diaryl/α,β-unsaturated/α-hetero) is 1. The highest BCUT2D eigenvalue weighted by molar-refractivity contribution is 6.46. The number of hydrogen-bond donors (Lipinski definition) is 1. The number of aliphatic hydroxyl groups is 1. The number of rotatable bonds is 11. The first-order chi connectivity index (χ1) is 17.2. The Labute approximate surface area is 219 Å². The zero-order valence-electron chi connectivity index (χ0n) is 21.9. The number of likely N-dealkylation sites (tertiary alicyclic amines) is 1. The quantitative estimate of drug-likeness (QED) is 0.226. The van der Waals surface area contributed by atoms with Crippen LogP contribution in [0.3, 0.4) is 0 Å². The van der Waals surface area contributed by atoms with E-state index in [9.17, 15) is 14.7 Å². The number of amides is 1. The highest BCUT2D eigenvalue weighted by Gasteiger charge is 2.45. The average molecular weight is 513 g/mol. The average Bonchev–Trinajstić information content (AvgIpc) is 3.12. The summed E-state index contributed by atoms with van der Waals surface area (Å²) in [6, 6.07) is 12.1. The van der Waals surface area contributed by atoms with Crippen molar-refractivity contribution >= 4 is 29.1 Å². The Bertz CT molecular complexity index is 1110. The number of ether oxygens (including phenoxy) is 1. The molecule has 0 aliphatic carbocycles. The van der Waals surface area contributed by atoms with Gasteiger partial charge in [0.2, 0.25) is 0 Å². The van der Waals surface area contributed by atoms with Crippen LogP contribution in [0.2, 0.25) is 5.02 Å². The van der Waals surface area contributed by atoms with Crippen molar-refractivity contribution in [1.29, 1.82) is 0 Å². The SMILES string of the molecule is CCOc1ccc(/C(O)=C2/C(=O)C(=O)N(CCCN(CC)CC)C2c2ccc(C(C)C)cc2)cc1Cl. The first-order valence-electron chi connectivity index (χ1n) is 12.8. The summed E-state index contributed by atoms with van der Waals surface area (Å²) in [6.07, 6.45) is 0.726. The minimum absolute atomic E-state index is 0.0837. The second-order valence-corrected chi connectivity index (χ2v) is 9.68. The Morgan fingerprint density at radius 3 is 2.31 bits per heavy atom. The predicted molar refractivity (Wildman–Crippen MR) is 145 cm³/mol. The summed E-state index contributed by atoms with van der Waals surface area (Å²) in [4.78, 5) is 30.4. The van der Waals surface area contributed by atoms with Crippen LogP contribution in [-0.4, -0.2) is 59.4 Å². The number of halogens is 1. The number of hydrogen-bond acceptors (Lipinski definition) is 5. The van der Waals surface area contributed by atoms with Crippen molar-refractivity contribution in [3.63, 3.8) is 0 Å². The monoisotopic (exact) mass is 512 g/mol. The first-order valence-corrected chi connectivity index (χ1v) is 13.1. The van der Waals surface area contributed by atoms with Crippen LogP contribution in [0.25, 0.3) is 5.76 Å². The molecule has 36 heavy (non-hydrogen) atoms. The molecule has 0 bridgehead atoms. The maximum absolute atomic E-state index is 13.3. The molecule has 6 nitrogen and oxygen atoms in total. The topological polar surface area (TPSA) is 70.1 Å². The first kappa shape index (κ1) is 27.8. The van der Waals surface area contributed by atoms with Crippen molar-refractivity contribution in [3.05, 3.63) is 69.8 Å². The van der Waals surface area contributed by atoms with Gasteiger partial charge in [-0.3, -0.25) is 9.59 Å². The minimum atomic E-state index is -0.682. The predicted octanol–water partition coefficient (Wildman–Crippen LogP) is 6.02. The Morgan fingerprint density at radius 1 is 1.08 bits per heavy atom. The molecular weight excluding hydrogens is 476 g/mol. The number of carbonyl (C=O) groups excluding carboxylic acids is 2. The van der Waals surface area contributed by atoms with E-state index in [4.69, 9.17) is 16.3 Å². The summed E-state index contributed by atoms with van der Waals surface area (Å²) in [5.41, 5.74) is 2.41. The van der Waals surface area contributed by atoms with Crippen LogP contribution in [0.4, 0.5) is 0 Å². The molecule has 1 fully saturated rings. The number of carbonyl (C=O) groups is 2. The van der Waals surface area contributed by atoms with E-state index in [0.29, 0.717) is 35.4 Å². The van der Waals surface area contributed by atoms with Crippen LogP contribution in [0, 0.1) is 0 Å². The van der Waals surface area contributed by atoms with E-state index >= 15 is 0 Å². The van der Waals surface area contributed by atoms with Crippen LogP contribution in [0.1, 0.15) is 69.7 Å². The van der Waals surface area contributed by atoms with Crippen LogP contribution in [0.15, 0.2) is 48.0 Å². The van der Waals surface area contributed by atoms with E-state index < -0.39 is 17.7 Å². The molecule has 1 heterocycles. The standard InChI is InChI=1S/C29H37ClN2O4/c1-6-31(7-2)16-9-17-32-26(21-12-10-20(11-13-21)19(4)5)25(28(34)29(32)35)27(33)22-14-15-24(36-8-3)23(30)18-22/h10-15,18-19,26,33H,6-9,16-17H2,1-5H3/b27-25-. The maximum atomic E-state index is 13.3. The van der Waals surface area contributed by atoms with E-state index in [-0.39, 0.29) is 11.3 Å². The molecule has 0 radical (unpaired) electrons. The molecule has 0 saturated carbocycles. The van der Waals surface area contributed by atoms with E-state index in [1.807, 2.05) is 31.2 Å². The third-order valence-corrected chi connectivity index (χ3v) is 7.03. The third kappa shape index (κ3) is 5.93. The lowest BCUT2D eigenvalue weighted by Gasteiger charge is -2.27. The van der Waals surface area contributed by atoms with Gasteiger partial charge in [0.15, 0.2) is 0 Å². The maximum Gasteiger partial charge on any atom is 0.295 e. The number of benzene rings is 2. The lowest BCUT2D eigenvalue weighted by atomic mass is 9.93. The normalized spacial score (nSPS) is 17.4. The second-order valence-electron chi connectivity index (χ2n) is 9.27. The zero-order valence-corrected chi connectivity index (χ0v) is 22.6. The van der Waals surface area contributed by atoms with Crippen molar-refractivity contribution in [2.24, 2.45) is 0 Å². The summed E-state index contributed by atoms with van der Waals surface area (Å²) in [5, 5.41) is 11.6. The van der Waals surface area contributed by atoms with Gasteiger partial charge < -0.3 is 19.6 Å². The van der Waals surface area contributed by atoms with Crippen molar-refractivity contribution < 1.29 is 19.4 Å². The summed E-state index contributed by atoms with van der Waals surface area (Å²) < 4.78 is 5.49. The fourth-order valence-corrected chi connectivity index (χ4v) is 4.84. The smallest absolute Gasteiger partial charge is 0.295 e. The summed E-state index contributed by atoms with van der Waals surface area (Å²) >= 11 is 6.35. The Balaban J connectivity index is 2.05. The van der Waals surface area contributed by atoms with Gasteiger partial charge in [-0.05, 0) is 68.2 Å². The third-order valence-electron chi connectivity index (χ3n) is 6.73. The molecular formula is C29H37ClN2O4. The van der Waals surface area contributed by atoms with Crippen LogP contribution in [-0.2, 0) is 9.59 Å². The lowest BCUT2D eigenvalue weighted by Crippen LogP contribution is -2.33. The second kappa shape index (κ2) is 12.4. The van der Waals surface area contributed by atoms with Gasteiger partial charge >= 0.3 is 0 Å². The molecule has 0 spiro atoms. The fourth-order valence-electron chi connectivity index (χ4n) is 4.60. The van der Waals surface area contributed by atoms with E-state index in [0.717, 1.165) is 37.2 Å². The van der Waals surface area contributed by atoms with E-state index in [2.05, 4.69) is 32.6 Å². The number of ketones is 1. The van der Waals surface area contributed by atoms with Crippen molar-refractivity contribution in [2.45, 2.75) is 53.0 Å². The minimum Gasteiger partial charge on any atom is -0.507 e. The molecule has 1 atom stereocenters. The molecule has 1 aliphatic rings. The van der Waals surface area contributed by atoms with Crippen molar-refractivity contribution in [3.8, 4) is 5.75 Å². The molecule has 2 aromatic carbocycles. The molecule has 2 aromatic rings. The molecule has 1 aliphatic heterocycles. The zero-order chi connectivity index (χ0) is 26.4. The Kier molecular flexibility index (Phi) is 9.57. The molecule has 194 valence electrons. The van der Waals surface area contributed by atoms with E-state index in [1.165, 1.54) is 0 Å². The summed E-state index contributed by atoms with van der Waals surface area (Å²) in [7, 11) is 0. The number of nitrogens with zero attached hydrogens (tertiary/aromatic N) is 2. The van der Waals surface area contributed by atoms with Gasteiger partial charge in [-0.15, -0.1) is 0 Å². The molecule has 7 heteroatoms. The van der Waals surface area contributed by atoms with Crippen LogP contribution in [0.5, 0.6) is 5.75 Å². The van der Waals surface area contributed by atoms with Gasteiger partial charge in [0, 0.05) is 12.1 Å². The van der Waals surface area contributed by atoms with Gasteiger partial charge in [-0.1, -0.05) is 63.6 Å². The van der Waals surface area contributed by atoms with Crippen LogP contribution >= 0.6 is 11.6 Å². The van der Waals surface area contributed by atoms with E-state index in [1.54, 1.807) is 23.1 Å². The number of aliphatic hydroxyl groups excluding tert-OH is 1. The molecule has 1 saturated heterocycles. The van der Waals surface area contributed by atoms with Gasteiger partial charge in [0.25, 0.3) is 11.7 Å². The van der Waals surface area contributed by atoms with Gasteiger partial charge in [0.1, 0.15) is 11.5 Å². The highest BCUT2D eigenvalue weighted by Crippen LogP contribution is 2.40. The Hall–Kier alpha value is -2.83. The largest absolute Gasteiger partial charge is 0.507 e. The molecule has 1 unspecified atom stereocenters. The van der Waals surface area contributed by atoms with Crippen molar-refractivity contribution in [1.82, 2.24) is 9.80 Å². The summed E-state index contributed by atoms with van der Waals surface area (Å²) in [6.45, 7) is 13.8. The van der Waals surface area contributed by atoms with Gasteiger partial charge in [0.05, 0.1) is 23.2 Å². The van der Waals surface area contributed by atoms with Gasteiger partial charge in [-0.2, -0.15) is 0 Å². The van der Waals surface area contributed by atoms with Gasteiger partial charge in [-0.25, -0.2) is 0 Å². The fraction of sp³-hybridized carbons (Fsp3) is 0.448. The van der Waals surface area contributed by atoms with Crippen LogP contribution < -0.4 is 4.74 Å². The Morgan fingerprint density at radius 2 is 1.75 bits per heavy atom. The lowest BCUT2D eigenvalue weighted by molar-refractivity contribution is -0.140. The molecule has 0 aromatic heterocycles. The molecule has 1 N–H and O–H groups in total. The highest BCUT2D eigenvalue weighted by atomic mass is 35.5. The summed E-state index contributed by atoms with van der Waals surface area (Å²) in [5.74, 6) is -0.661.